The molecule has 0 radical (unpaired) electrons. The van der Waals surface area contributed by atoms with Crippen molar-refractivity contribution in [2.24, 2.45) is 0 Å². The van der Waals surface area contributed by atoms with Crippen molar-refractivity contribution in [2.45, 2.75) is 39.5 Å². The zero-order chi connectivity index (χ0) is 18.2. The van der Waals surface area contributed by atoms with Crippen LogP contribution in [-0.2, 0) is 11.2 Å². The van der Waals surface area contributed by atoms with Gasteiger partial charge < -0.3 is 10.6 Å². The van der Waals surface area contributed by atoms with Gasteiger partial charge in [0.25, 0.3) is 0 Å². The molecule has 3 nitrogen and oxygen atoms in total. The molecule has 2 N–H and O–H groups in total. The Morgan fingerprint density at radius 2 is 1.80 bits per heavy atom. The Morgan fingerprint density at radius 3 is 2.48 bits per heavy atom. The standard InChI is InChI=1S/C21H27ClN2O/c1-15(2)19-6-4-5-16(3)21(19)24-20(25)12-14-23-13-11-17-7-9-18(22)10-8-17/h4-10,15,23H,11-14H2,1-3H3,(H,24,25). The van der Waals surface area contributed by atoms with Gasteiger partial charge >= 0.3 is 0 Å². The third-order valence-electron chi connectivity index (χ3n) is 4.22. The molecule has 0 heterocycles. The number of carbonyl (C=O) groups is 1. The maximum absolute atomic E-state index is 12.2. The fourth-order valence-electron chi connectivity index (χ4n) is 2.75. The maximum Gasteiger partial charge on any atom is 0.225 e. The van der Waals surface area contributed by atoms with Crippen LogP contribution in [0.15, 0.2) is 42.5 Å². The lowest BCUT2D eigenvalue weighted by Crippen LogP contribution is -2.24. The lowest BCUT2D eigenvalue weighted by atomic mass is 9.98. The van der Waals surface area contributed by atoms with Crippen molar-refractivity contribution in [1.29, 1.82) is 0 Å². The predicted octanol–water partition coefficient (Wildman–Crippen LogP) is 4.93. The number of para-hydroxylation sites is 1. The van der Waals surface area contributed by atoms with Crippen LogP contribution >= 0.6 is 11.6 Å². The van der Waals surface area contributed by atoms with E-state index >= 15 is 0 Å². The molecule has 4 heteroatoms. The Balaban J connectivity index is 1.75. The first-order valence-corrected chi connectivity index (χ1v) is 9.19. The van der Waals surface area contributed by atoms with Gasteiger partial charge in [-0.3, -0.25) is 4.79 Å². The van der Waals surface area contributed by atoms with Crippen LogP contribution in [0.4, 0.5) is 5.69 Å². The molecular weight excluding hydrogens is 332 g/mol. The summed E-state index contributed by atoms with van der Waals surface area (Å²) in [6.45, 7) is 7.83. The van der Waals surface area contributed by atoms with Crippen molar-refractivity contribution in [3.8, 4) is 0 Å². The van der Waals surface area contributed by atoms with Crippen LogP contribution < -0.4 is 10.6 Å². The van der Waals surface area contributed by atoms with Gasteiger partial charge in [-0.1, -0.05) is 55.8 Å². The second-order valence-corrected chi connectivity index (χ2v) is 7.05. The van der Waals surface area contributed by atoms with Gasteiger partial charge in [0.05, 0.1) is 0 Å². The highest BCUT2D eigenvalue weighted by molar-refractivity contribution is 6.30. The molecule has 0 saturated heterocycles. The smallest absolute Gasteiger partial charge is 0.225 e. The molecular formula is C21H27ClN2O. The molecule has 25 heavy (non-hydrogen) atoms. The number of carbonyl (C=O) groups excluding carboxylic acids is 1. The van der Waals surface area contributed by atoms with Gasteiger partial charge in [-0.05, 0) is 54.6 Å². The number of hydrogen-bond acceptors (Lipinski definition) is 2. The van der Waals surface area contributed by atoms with Gasteiger partial charge in [0.2, 0.25) is 5.91 Å². The Labute approximate surface area is 155 Å². The molecule has 2 aromatic carbocycles. The van der Waals surface area contributed by atoms with Crippen LogP contribution in [0.5, 0.6) is 0 Å². The Bertz CT molecular complexity index is 696. The van der Waals surface area contributed by atoms with E-state index in [-0.39, 0.29) is 5.91 Å². The molecule has 1 amide bonds. The van der Waals surface area contributed by atoms with Crippen LogP contribution in [0.3, 0.4) is 0 Å². The summed E-state index contributed by atoms with van der Waals surface area (Å²) < 4.78 is 0. The van der Waals surface area contributed by atoms with E-state index in [2.05, 4.69) is 30.5 Å². The topological polar surface area (TPSA) is 41.1 Å². The van der Waals surface area contributed by atoms with E-state index in [1.165, 1.54) is 11.1 Å². The highest BCUT2D eigenvalue weighted by Crippen LogP contribution is 2.27. The minimum atomic E-state index is 0.0511. The SMILES string of the molecule is Cc1cccc(C(C)C)c1NC(=O)CCNCCc1ccc(Cl)cc1. The van der Waals surface area contributed by atoms with E-state index in [0.717, 1.165) is 29.2 Å². The van der Waals surface area contributed by atoms with Gasteiger partial charge in [-0.25, -0.2) is 0 Å². The first-order chi connectivity index (χ1) is 12.0. The summed E-state index contributed by atoms with van der Waals surface area (Å²) in [5.74, 6) is 0.433. The number of rotatable bonds is 8. The summed E-state index contributed by atoms with van der Waals surface area (Å²) in [6.07, 6.45) is 1.39. The largest absolute Gasteiger partial charge is 0.326 e. The van der Waals surface area contributed by atoms with E-state index in [1.54, 1.807) is 0 Å². The molecule has 0 aliphatic heterocycles. The Hall–Kier alpha value is -1.84. The maximum atomic E-state index is 12.2. The van der Waals surface area contributed by atoms with E-state index in [0.29, 0.717) is 18.9 Å². The second-order valence-electron chi connectivity index (χ2n) is 6.62. The van der Waals surface area contributed by atoms with Crippen LogP contribution in [0, 0.1) is 6.92 Å². The number of hydrogen-bond donors (Lipinski definition) is 2. The first kappa shape index (κ1) is 19.5. The van der Waals surface area contributed by atoms with Gasteiger partial charge in [0, 0.05) is 23.7 Å². The predicted molar refractivity (Wildman–Crippen MR) is 107 cm³/mol. The minimum absolute atomic E-state index is 0.0511. The molecule has 0 fully saturated rings. The van der Waals surface area contributed by atoms with E-state index < -0.39 is 0 Å². The highest BCUT2D eigenvalue weighted by Gasteiger charge is 2.11. The lowest BCUT2D eigenvalue weighted by molar-refractivity contribution is -0.116. The molecule has 0 saturated carbocycles. The van der Waals surface area contributed by atoms with Crippen LogP contribution in [-0.4, -0.2) is 19.0 Å². The number of anilines is 1. The molecule has 0 aliphatic rings. The summed E-state index contributed by atoms with van der Waals surface area (Å²) in [5.41, 5.74) is 4.49. The van der Waals surface area contributed by atoms with Crippen LogP contribution in [0.2, 0.25) is 5.02 Å². The second kappa shape index (κ2) is 9.59. The van der Waals surface area contributed by atoms with Gasteiger partial charge in [-0.2, -0.15) is 0 Å². The zero-order valence-electron chi connectivity index (χ0n) is 15.2. The summed E-state index contributed by atoms with van der Waals surface area (Å²) in [4.78, 5) is 12.2. The molecule has 0 atom stereocenters. The summed E-state index contributed by atoms with van der Waals surface area (Å²) in [6, 6.07) is 14.0. The average Bonchev–Trinajstić information content (AvgIpc) is 2.58. The minimum Gasteiger partial charge on any atom is -0.326 e. The fraction of sp³-hybridized carbons (Fsp3) is 0.381. The Kier molecular flexibility index (Phi) is 7.48. The molecule has 0 aromatic heterocycles. The van der Waals surface area contributed by atoms with Gasteiger partial charge in [0.1, 0.15) is 0 Å². The van der Waals surface area contributed by atoms with Gasteiger partial charge in [0.15, 0.2) is 0 Å². The zero-order valence-corrected chi connectivity index (χ0v) is 16.0. The van der Waals surface area contributed by atoms with Crippen molar-refractivity contribution in [3.63, 3.8) is 0 Å². The van der Waals surface area contributed by atoms with Crippen molar-refractivity contribution in [1.82, 2.24) is 5.32 Å². The monoisotopic (exact) mass is 358 g/mol. The van der Waals surface area contributed by atoms with Crippen molar-refractivity contribution < 1.29 is 4.79 Å². The lowest BCUT2D eigenvalue weighted by Gasteiger charge is -2.16. The van der Waals surface area contributed by atoms with Crippen molar-refractivity contribution in [2.75, 3.05) is 18.4 Å². The third kappa shape index (κ3) is 6.18. The number of aryl methyl sites for hydroxylation is 1. The summed E-state index contributed by atoms with van der Waals surface area (Å²) in [7, 11) is 0. The number of amides is 1. The molecule has 0 aliphatic carbocycles. The summed E-state index contributed by atoms with van der Waals surface area (Å²) in [5, 5.41) is 7.16. The molecule has 0 spiro atoms. The third-order valence-corrected chi connectivity index (χ3v) is 4.48. The van der Waals surface area contributed by atoms with Crippen molar-refractivity contribution >= 4 is 23.2 Å². The van der Waals surface area contributed by atoms with Crippen LogP contribution in [0.25, 0.3) is 0 Å². The van der Waals surface area contributed by atoms with Crippen LogP contribution in [0.1, 0.15) is 42.9 Å². The highest BCUT2D eigenvalue weighted by atomic mass is 35.5. The quantitative estimate of drug-likeness (QED) is 0.657. The summed E-state index contributed by atoms with van der Waals surface area (Å²) >= 11 is 5.88. The fourth-order valence-corrected chi connectivity index (χ4v) is 2.88. The number of nitrogens with one attached hydrogen (secondary N) is 2. The molecule has 0 bridgehead atoms. The molecule has 0 unspecified atom stereocenters. The van der Waals surface area contributed by atoms with E-state index in [1.807, 2.05) is 43.3 Å². The van der Waals surface area contributed by atoms with E-state index in [4.69, 9.17) is 11.6 Å². The Morgan fingerprint density at radius 1 is 1.08 bits per heavy atom. The number of benzene rings is 2. The molecule has 134 valence electrons. The van der Waals surface area contributed by atoms with Gasteiger partial charge in [-0.15, -0.1) is 0 Å². The first-order valence-electron chi connectivity index (χ1n) is 8.82. The molecule has 2 rings (SSSR count). The number of halogens is 1. The molecule has 2 aromatic rings. The van der Waals surface area contributed by atoms with Crippen molar-refractivity contribution in [3.05, 3.63) is 64.2 Å². The normalized spacial score (nSPS) is 10.9. The average molecular weight is 359 g/mol. The van der Waals surface area contributed by atoms with E-state index in [9.17, 15) is 4.79 Å².